The Morgan fingerprint density at radius 1 is 1.50 bits per heavy atom. The van der Waals surface area contributed by atoms with Crippen LogP contribution in [0.1, 0.15) is 36.8 Å². The van der Waals surface area contributed by atoms with Gasteiger partial charge in [0, 0.05) is 18.8 Å². The molecule has 3 atom stereocenters. The number of carbonyl (C=O) groups is 1. The van der Waals surface area contributed by atoms with Crippen LogP contribution in [0.3, 0.4) is 0 Å². The van der Waals surface area contributed by atoms with Crippen molar-refractivity contribution in [1.29, 1.82) is 0 Å². The van der Waals surface area contributed by atoms with Gasteiger partial charge in [0.25, 0.3) is 0 Å². The van der Waals surface area contributed by atoms with E-state index in [1.165, 1.54) is 18.1 Å². The van der Waals surface area contributed by atoms with E-state index in [1.807, 2.05) is 12.1 Å². The molecule has 2 aliphatic carbocycles. The maximum Gasteiger partial charge on any atom is 0.302 e. The zero-order valence-corrected chi connectivity index (χ0v) is 10.6. The van der Waals surface area contributed by atoms with Crippen LogP contribution in [0.15, 0.2) is 24.3 Å². The van der Waals surface area contributed by atoms with Gasteiger partial charge in [-0.2, -0.15) is 0 Å². The van der Waals surface area contributed by atoms with Crippen LogP contribution in [0.4, 0.5) is 0 Å². The molecular formula is C15H18O3. The minimum atomic E-state index is -0.570. The van der Waals surface area contributed by atoms with Crippen LogP contribution in [-0.4, -0.2) is 23.3 Å². The highest BCUT2D eigenvalue weighted by Crippen LogP contribution is 2.56. The molecule has 0 saturated heterocycles. The molecule has 0 heterocycles. The van der Waals surface area contributed by atoms with E-state index < -0.39 is 5.60 Å². The van der Waals surface area contributed by atoms with Crippen molar-refractivity contribution in [3.63, 3.8) is 0 Å². The molecular weight excluding hydrogens is 228 g/mol. The molecule has 1 aromatic rings. The summed E-state index contributed by atoms with van der Waals surface area (Å²) in [6.45, 7) is 1.86. The molecule has 0 bridgehead atoms. The number of aryl methyl sites for hydroxylation is 1. The van der Waals surface area contributed by atoms with Gasteiger partial charge in [0.2, 0.25) is 0 Å². The molecule has 96 valence electrons. The van der Waals surface area contributed by atoms with Crippen molar-refractivity contribution in [1.82, 2.24) is 0 Å². The summed E-state index contributed by atoms with van der Waals surface area (Å²) in [6, 6.07) is 8.30. The minimum absolute atomic E-state index is 0.141. The van der Waals surface area contributed by atoms with Crippen molar-refractivity contribution >= 4 is 5.97 Å². The number of esters is 1. The highest BCUT2D eigenvalue weighted by atomic mass is 16.5. The number of rotatable bonds is 2. The van der Waals surface area contributed by atoms with Crippen LogP contribution in [0, 0.1) is 5.92 Å². The number of ether oxygens (including phenoxy) is 1. The second-order valence-electron chi connectivity index (χ2n) is 5.55. The normalized spacial score (nSPS) is 33.0. The Balaban J connectivity index is 1.83. The van der Waals surface area contributed by atoms with Crippen LogP contribution in [-0.2, 0) is 16.0 Å². The van der Waals surface area contributed by atoms with Crippen molar-refractivity contribution < 1.29 is 14.6 Å². The quantitative estimate of drug-likeness (QED) is 0.812. The molecule has 1 fully saturated rings. The summed E-state index contributed by atoms with van der Waals surface area (Å²) >= 11 is 0. The highest BCUT2D eigenvalue weighted by molar-refractivity contribution is 5.65. The van der Waals surface area contributed by atoms with Gasteiger partial charge in [-0.3, -0.25) is 4.79 Å². The second-order valence-corrected chi connectivity index (χ2v) is 5.55. The van der Waals surface area contributed by atoms with Gasteiger partial charge in [-0.05, 0) is 30.4 Å². The minimum Gasteiger partial charge on any atom is -0.466 e. The third-order valence-electron chi connectivity index (χ3n) is 4.38. The number of aliphatic hydroxyl groups is 1. The van der Waals surface area contributed by atoms with Crippen LogP contribution >= 0.6 is 0 Å². The number of hydrogen-bond donors (Lipinski definition) is 1. The lowest BCUT2D eigenvalue weighted by molar-refractivity contribution is -0.156. The molecule has 3 rings (SSSR count). The van der Waals surface area contributed by atoms with E-state index in [9.17, 15) is 9.90 Å². The molecule has 0 radical (unpaired) electrons. The monoisotopic (exact) mass is 246 g/mol. The van der Waals surface area contributed by atoms with Gasteiger partial charge >= 0.3 is 5.97 Å². The van der Waals surface area contributed by atoms with Gasteiger partial charge < -0.3 is 9.84 Å². The molecule has 0 unspecified atom stereocenters. The molecule has 18 heavy (non-hydrogen) atoms. The molecule has 1 N–H and O–H groups in total. The van der Waals surface area contributed by atoms with Crippen LogP contribution < -0.4 is 0 Å². The predicted octanol–water partition coefficient (Wildman–Crippen LogP) is 2.03. The summed E-state index contributed by atoms with van der Waals surface area (Å²) in [6.07, 6.45) is 2.52. The van der Waals surface area contributed by atoms with E-state index in [0.717, 1.165) is 19.3 Å². The lowest BCUT2D eigenvalue weighted by atomic mass is 9.54. The molecule has 1 aromatic carbocycles. The first-order valence-electron chi connectivity index (χ1n) is 6.54. The van der Waals surface area contributed by atoms with E-state index in [0.29, 0.717) is 6.61 Å². The summed E-state index contributed by atoms with van der Waals surface area (Å²) in [4.78, 5) is 10.9. The van der Waals surface area contributed by atoms with Gasteiger partial charge in [-0.25, -0.2) is 0 Å². The summed E-state index contributed by atoms with van der Waals surface area (Å²) < 4.78 is 5.10. The summed E-state index contributed by atoms with van der Waals surface area (Å²) in [5, 5.41) is 10.6. The fraction of sp³-hybridized carbons (Fsp3) is 0.533. The zero-order valence-electron chi connectivity index (χ0n) is 10.6. The first-order valence-corrected chi connectivity index (χ1v) is 6.54. The van der Waals surface area contributed by atoms with Gasteiger partial charge in [-0.15, -0.1) is 0 Å². The predicted molar refractivity (Wildman–Crippen MR) is 67.2 cm³/mol. The summed E-state index contributed by atoms with van der Waals surface area (Å²) in [5.74, 6) is 0.164. The molecule has 0 spiro atoms. The molecule has 0 aliphatic heterocycles. The maximum absolute atomic E-state index is 10.9. The highest BCUT2D eigenvalue weighted by Gasteiger charge is 2.55. The average Bonchev–Trinajstić information content (AvgIpc) is 2.32. The molecule has 1 saturated carbocycles. The largest absolute Gasteiger partial charge is 0.466 e. The Bertz CT molecular complexity index is 482. The van der Waals surface area contributed by atoms with Crippen LogP contribution in [0.5, 0.6) is 0 Å². The number of benzene rings is 1. The molecule has 2 aliphatic rings. The van der Waals surface area contributed by atoms with E-state index in [4.69, 9.17) is 4.74 Å². The SMILES string of the molecule is CC(=O)OC[C@H]1C[C@@]2(O)CCc3ccccc3[C@@H]12. The molecule has 3 nitrogen and oxygen atoms in total. The third kappa shape index (κ3) is 1.74. The number of hydrogen-bond acceptors (Lipinski definition) is 3. The Hall–Kier alpha value is -1.35. The van der Waals surface area contributed by atoms with E-state index >= 15 is 0 Å². The molecule has 0 amide bonds. The van der Waals surface area contributed by atoms with Gasteiger partial charge in [0.15, 0.2) is 0 Å². The fourth-order valence-corrected chi connectivity index (χ4v) is 3.57. The third-order valence-corrected chi connectivity index (χ3v) is 4.38. The van der Waals surface area contributed by atoms with Crippen molar-refractivity contribution in [2.75, 3.05) is 6.61 Å². The van der Waals surface area contributed by atoms with Gasteiger partial charge in [0.05, 0.1) is 12.2 Å². The van der Waals surface area contributed by atoms with Crippen molar-refractivity contribution in [3.8, 4) is 0 Å². The number of fused-ring (bicyclic) bond motifs is 3. The Morgan fingerprint density at radius 3 is 3.06 bits per heavy atom. The summed E-state index contributed by atoms with van der Waals surface area (Å²) in [7, 11) is 0. The Labute approximate surface area is 107 Å². The van der Waals surface area contributed by atoms with Crippen molar-refractivity contribution in [3.05, 3.63) is 35.4 Å². The summed E-state index contributed by atoms with van der Waals surface area (Å²) in [5.41, 5.74) is 2.01. The lowest BCUT2D eigenvalue weighted by Crippen LogP contribution is -2.56. The topological polar surface area (TPSA) is 46.5 Å². The van der Waals surface area contributed by atoms with E-state index in [-0.39, 0.29) is 17.8 Å². The lowest BCUT2D eigenvalue weighted by Gasteiger charge is -2.55. The smallest absolute Gasteiger partial charge is 0.302 e. The standard InChI is InChI=1S/C15H18O3/c1-10(16)18-9-12-8-15(17)7-6-11-4-2-3-5-13(11)14(12)15/h2-5,12,14,17H,6-9H2,1H3/t12-,14-,15+/m1/s1. The first kappa shape index (κ1) is 11.7. The van der Waals surface area contributed by atoms with Crippen LogP contribution in [0.2, 0.25) is 0 Å². The average molecular weight is 246 g/mol. The maximum atomic E-state index is 10.9. The zero-order chi connectivity index (χ0) is 12.8. The molecule has 3 heteroatoms. The van der Waals surface area contributed by atoms with E-state index in [1.54, 1.807) is 0 Å². The molecule has 0 aromatic heterocycles. The second kappa shape index (κ2) is 4.09. The Morgan fingerprint density at radius 2 is 2.28 bits per heavy atom. The van der Waals surface area contributed by atoms with Crippen molar-refractivity contribution in [2.24, 2.45) is 5.92 Å². The fourth-order valence-electron chi connectivity index (χ4n) is 3.57. The Kier molecular flexibility index (Phi) is 2.67. The number of carbonyl (C=O) groups excluding carboxylic acids is 1. The van der Waals surface area contributed by atoms with E-state index in [2.05, 4.69) is 12.1 Å². The van der Waals surface area contributed by atoms with Gasteiger partial charge in [0.1, 0.15) is 0 Å². The van der Waals surface area contributed by atoms with Gasteiger partial charge in [-0.1, -0.05) is 24.3 Å². The van der Waals surface area contributed by atoms with Crippen LogP contribution in [0.25, 0.3) is 0 Å². The van der Waals surface area contributed by atoms with Crippen molar-refractivity contribution in [2.45, 2.75) is 37.7 Å². The first-order chi connectivity index (χ1) is 8.60.